The van der Waals surface area contributed by atoms with Gasteiger partial charge in [-0.2, -0.15) is 5.26 Å². The van der Waals surface area contributed by atoms with Gasteiger partial charge in [-0.15, -0.1) is 11.3 Å². The number of hydrogen-bond donors (Lipinski definition) is 1. The summed E-state index contributed by atoms with van der Waals surface area (Å²) in [5, 5.41) is 13.6. The third kappa shape index (κ3) is 4.15. The molecule has 0 amide bonds. The number of rotatable bonds is 5. The van der Waals surface area contributed by atoms with Crippen LogP contribution in [0.1, 0.15) is 4.88 Å². The van der Waals surface area contributed by atoms with E-state index in [0.29, 0.717) is 12.0 Å². The molecule has 0 aliphatic heterocycles. The number of hydrogen-bond acceptors (Lipinski definition) is 5. The fraction of sp³-hybridized carbons (Fsp3) is 0.273. The molecule has 5 heteroatoms. The Bertz CT molecular complexity index is 404. The van der Waals surface area contributed by atoms with Crippen molar-refractivity contribution < 1.29 is 9.53 Å². The molecule has 0 saturated heterocycles. The van der Waals surface area contributed by atoms with E-state index >= 15 is 0 Å². The van der Waals surface area contributed by atoms with Crippen molar-refractivity contribution in [1.82, 2.24) is 5.32 Å². The summed E-state index contributed by atoms with van der Waals surface area (Å²) in [6, 6.07) is 5.99. The summed E-state index contributed by atoms with van der Waals surface area (Å²) in [7, 11) is 1.32. The molecule has 0 atom stereocenters. The minimum atomic E-state index is -0.357. The average Bonchev–Trinajstić information content (AvgIpc) is 2.80. The van der Waals surface area contributed by atoms with Crippen LogP contribution in [0.15, 0.2) is 29.3 Å². The Morgan fingerprint density at radius 2 is 2.56 bits per heavy atom. The highest BCUT2D eigenvalue weighted by atomic mass is 32.1. The van der Waals surface area contributed by atoms with Crippen LogP contribution in [-0.2, 0) is 16.0 Å². The van der Waals surface area contributed by atoms with Crippen LogP contribution >= 0.6 is 11.3 Å². The number of carbonyl (C=O) groups is 1. The predicted octanol–water partition coefficient (Wildman–Crippen LogP) is 1.46. The molecule has 1 aromatic rings. The molecule has 0 aliphatic rings. The van der Waals surface area contributed by atoms with Gasteiger partial charge in [-0.3, -0.25) is 4.79 Å². The normalized spacial score (nSPS) is 10.6. The van der Waals surface area contributed by atoms with Crippen molar-refractivity contribution in [2.45, 2.75) is 6.42 Å². The second kappa shape index (κ2) is 6.64. The highest BCUT2D eigenvalue weighted by molar-refractivity contribution is 7.09. The molecule has 1 heterocycles. The molecule has 0 aromatic carbocycles. The molecule has 1 aromatic heterocycles. The number of nitrogens with zero attached hydrogens (tertiary/aromatic N) is 1. The molecule has 0 radical (unpaired) electrons. The van der Waals surface area contributed by atoms with Crippen LogP contribution in [0.5, 0.6) is 0 Å². The van der Waals surface area contributed by atoms with Gasteiger partial charge in [0.15, 0.2) is 0 Å². The van der Waals surface area contributed by atoms with Crippen LogP contribution in [0.4, 0.5) is 0 Å². The average molecular weight is 236 g/mol. The van der Waals surface area contributed by atoms with Crippen molar-refractivity contribution in [3.8, 4) is 6.07 Å². The number of methoxy groups -OCH3 is 1. The van der Waals surface area contributed by atoms with E-state index in [1.54, 1.807) is 17.5 Å². The molecule has 4 nitrogen and oxygen atoms in total. The number of allylic oxidation sites excluding steroid dienone is 1. The number of thiophene rings is 1. The third-order valence-electron chi connectivity index (χ3n) is 1.84. The number of nitrogens with one attached hydrogen (secondary N) is 1. The van der Waals surface area contributed by atoms with Crippen LogP contribution in [-0.4, -0.2) is 19.6 Å². The smallest absolute Gasteiger partial charge is 0.325 e. The van der Waals surface area contributed by atoms with Crippen molar-refractivity contribution >= 4 is 17.3 Å². The molecule has 1 rings (SSSR count). The van der Waals surface area contributed by atoms with Gasteiger partial charge in [0.1, 0.15) is 6.54 Å². The molecule has 0 unspecified atom stereocenters. The minimum absolute atomic E-state index is 0.0755. The molecule has 0 aliphatic carbocycles. The molecule has 84 valence electrons. The topological polar surface area (TPSA) is 62.1 Å². The first-order valence-electron chi connectivity index (χ1n) is 4.68. The Kier molecular flexibility index (Phi) is 5.09. The lowest BCUT2D eigenvalue weighted by atomic mass is 10.2. The monoisotopic (exact) mass is 236 g/mol. The molecule has 0 fully saturated rings. The number of esters is 1. The molecule has 0 saturated carbocycles. The van der Waals surface area contributed by atoms with E-state index in [4.69, 9.17) is 5.26 Å². The lowest BCUT2D eigenvalue weighted by Crippen LogP contribution is -2.19. The lowest BCUT2D eigenvalue weighted by Gasteiger charge is -2.00. The van der Waals surface area contributed by atoms with Gasteiger partial charge >= 0.3 is 5.97 Å². The second-order valence-corrected chi connectivity index (χ2v) is 4.03. The zero-order chi connectivity index (χ0) is 11.8. The fourth-order valence-corrected chi connectivity index (χ4v) is 1.78. The maximum Gasteiger partial charge on any atom is 0.325 e. The van der Waals surface area contributed by atoms with Gasteiger partial charge in [0.05, 0.1) is 18.8 Å². The first-order chi connectivity index (χ1) is 7.76. The van der Waals surface area contributed by atoms with Gasteiger partial charge in [-0.1, -0.05) is 6.07 Å². The summed E-state index contributed by atoms with van der Waals surface area (Å²) in [5.74, 6) is -0.357. The Morgan fingerprint density at radius 1 is 1.75 bits per heavy atom. The summed E-state index contributed by atoms with van der Waals surface area (Å²) in [6.45, 7) is 0.0755. The second-order valence-electron chi connectivity index (χ2n) is 2.99. The number of carbonyl (C=O) groups excluding carboxylic acids is 1. The summed E-state index contributed by atoms with van der Waals surface area (Å²) in [4.78, 5) is 11.9. The van der Waals surface area contributed by atoms with Gasteiger partial charge in [-0.25, -0.2) is 0 Å². The number of ether oxygens (including phenoxy) is 1. The molecule has 1 N–H and O–H groups in total. The summed E-state index contributed by atoms with van der Waals surface area (Å²) in [6.07, 6.45) is 2.14. The molecular formula is C11H12N2O2S. The van der Waals surface area contributed by atoms with Crippen LogP contribution in [0.3, 0.4) is 0 Å². The van der Waals surface area contributed by atoms with Gasteiger partial charge in [0, 0.05) is 17.5 Å². The maximum atomic E-state index is 10.8. The highest BCUT2D eigenvalue weighted by Gasteiger charge is 2.01. The quantitative estimate of drug-likeness (QED) is 0.621. The molecular weight excluding hydrogens is 224 g/mol. The van der Waals surface area contributed by atoms with Crippen LogP contribution in [0, 0.1) is 11.3 Å². The van der Waals surface area contributed by atoms with E-state index < -0.39 is 0 Å². The Morgan fingerprint density at radius 3 is 3.12 bits per heavy atom. The Balaban J connectivity index is 2.45. The Labute approximate surface area is 98.2 Å². The van der Waals surface area contributed by atoms with Crippen molar-refractivity contribution in [2.75, 3.05) is 13.7 Å². The van der Waals surface area contributed by atoms with Gasteiger partial charge < -0.3 is 10.1 Å². The minimum Gasteiger partial charge on any atom is -0.468 e. The first-order valence-corrected chi connectivity index (χ1v) is 5.56. The van der Waals surface area contributed by atoms with E-state index in [2.05, 4.69) is 16.1 Å². The van der Waals surface area contributed by atoms with Gasteiger partial charge in [0.2, 0.25) is 0 Å². The van der Waals surface area contributed by atoms with E-state index in [-0.39, 0.29) is 12.5 Å². The SMILES string of the molecule is COC(=O)CN/C=C(/C#N)Cc1cccs1. The molecule has 16 heavy (non-hydrogen) atoms. The van der Waals surface area contributed by atoms with E-state index in [0.717, 1.165) is 4.88 Å². The predicted molar refractivity (Wildman–Crippen MR) is 61.7 cm³/mol. The lowest BCUT2D eigenvalue weighted by molar-refractivity contribution is -0.139. The van der Waals surface area contributed by atoms with E-state index in [1.807, 2.05) is 17.5 Å². The molecule has 0 spiro atoms. The van der Waals surface area contributed by atoms with Crippen LogP contribution in [0.25, 0.3) is 0 Å². The number of nitriles is 1. The van der Waals surface area contributed by atoms with Crippen LogP contribution < -0.4 is 5.32 Å². The maximum absolute atomic E-state index is 10.8. The van der Waals surface area contributed by atoms with E-state index in [9.17, 15) is 4.79 Å². The van der Waals surface area contributed by atoms with Crippen molar-refractivity contribution in [2.24, 2.45) is 0 Å². The Hall–Kier alpha value is -1.80. The van der Waals surface area contributed by atoms with E-state index in [1.165, 1.54) is 7.11 Å². The first kappa shape index (κ1) is 12.3. The standard InChI is InChI=1S/C11H12N2O2S/c1-15-11(14)8-13-7-9(6-12)5-10-3-2-4-16-10/h2-4,7,13H,5,8H2,1H3/b9-7+. The molecule has 0 bridgehead atoms. The zero-order valence-electron chi connectivity index (χ0n) is 8.90. The van der Waals surface area contributed by atoms with Gasteiger partial charge in [0.25, 0.3) is 0 Å². The largest absolute Gasteiger partial charge is 0.468 e. The third-order valence-corrected chi connectivity index (χ3v) is 2.72. The summed E-state index contributed by atoms with van der Waals surface area (Å²) >= 11 is 1.60. The van der Waals surface area contributed by atoms with Crippen molar-refractivity contribution in [3.63, 3.8) is 0 Å². The van der Waals surface area contributed by atoms with Crippen molar-refractivity contribution in [1.29, 1.82) is 5.26 Å². The summed E-state index contributed by atoms with van der Waals surface area (Å²) < 4.78 is 4.46. The van der Waals surface area contributed by atoms with Crippen LogP contribution in [0.2, 0.25) is 0 Å². The fourth-order valence-electron chi connectivity index (χ4n) is 1.05. The van der Waals surface area contributed by atoms with Gasteiger partial charge in [-0.05, 0) is 11.4 Å². The zero-order valence-corrected chi connectivity index (χ0v) is 9.71. The highest BCUT2D eigenvalue weighted by Crippen LogP contribution is 2.13. The van der Waals surface area contributed by atoms with Crippen molar-refractivity contribution in [3.05, 3.63) is 34.2 Å². The summed E-state index contributed by atoms with van der Waals surface area (Å²) in [5.41, 5.74) is 0.589.